The van der Waals surface area contributed by atoms with Crippen LogP contribution < -0.4 is 10.6 Å². The van der Waals surface area contributed by atoms with Crippen LogP contribution in [-0.4, -0.2) is 67.7 Å². The summed E-state index contributed by atoms with van der Waals surface area (Å²) in [6, 6.07) is -0.581. The summed E-state index contributed by atoms with van der Waals surface area (Å²) in [6.45, 7) is 0.0116. The lowest BCUT2D eigenvalue weighted by Gasteiger charge is -2.19. The number of carbonyl (C=O) groups is 4. The standard InChI is InChI=1S/C15H23N3O6/c1-23-8-4-7-16-11(19)10-24-12(20)9-18-13(21)15(17-14(18)22)5-2-3-6-15/h2-10H2,1H3,(H,16,19)(H,17,22). The number of imide groups is 1. The van der Waals surface area contributed by atoms with Crippen LogP contribution in [-0.2, 0) is 23.9 Å². The lowest BCUT2D eigenvalue weighted by Crippen LogP contribution is -2.44. The van der Waals surface area contributed by atoms with Gasteiger partial charge in [0.2, 0.25) is 0 Å². The Bertz CT molecular complexity index is 515. The number of carbonyl (C=O) groups excluding carboxylic acids is 4. The van der Waals surface area contributed by atoms with Crippen molar-refractivity contribution < 1.29 is 28.7 Å². The van der Waals surface area contributed by atoms with Crippen LogP contribution in [0.15, 0.2) is 0 Å². The number of esters is 1. The van der Waals surface area contributed by atoms with Gasteiger partial charge in [-0.05, 0) is 19.3 Å². The topological polar surface area (TPSA) is 114 Å². The molecular weight excluding hydrogens is 318 g/mol. The average Bonchev–Trinajstić information content (AvgIpc) is 3.11. The normalized spacial score (nSPS) is 18.8. The van der Waals surface area contributed by atoms with Crippen LogP contribution in [0.3, 0.4) is 0 Å². The molecule has 2 rings (SSSR count). The monoisotopic (exact) mass is 341 g/mol. The second-order valence-corrected chi connectivity index (χ2v) is 5.97. The summed E-state index contributed by atoms with van der Waals surface area (Å²) < 4.78 is 9.66. The van der Waals surface area contributed by atoms with Crippen molar-refractivity contribution in [3.05, 3.63) is 0 Å². The number of urea groups is 1. The second kappa shape index (κ2) is 8.09. The summed E-state index contributed by atoms with van der Waals surface area (Å²) in [5, 5.41) is 5.25. The van der Waals surface area contributed by atoms with E-state index in [1.165, 1.54) is 0 Å². The third-order valence-electron chi connectivity index (χ3n) is 4.20. The molecule has 1 spiro atoms. The largest absolute Gasteiger partial charge is 0.454 e. The van der Waals surface area contributed by atoms with Crippen LogP contribution in [0, 0.1) is 0 Å². The van der Waals surface area contributed by atoms with E-state index in [9.17, 15) is 19.2 Å². The predicted octanol–water partition coefficient (Wildman–Crippen LogP) is -0.453. The zero-order valence-electron chi connectivity index (χ0n) is 13.8. The lowest BCUT2D eigenvalue weighted by molar-refractivity contribution is -0.151. The van der Waals surface area contributed by atoms with E-state index in [1.54, 1.807) is 7.11 Å². The fourth-order valence-corrected chi connectivity index (χ4v) is 2.95. The van der Waals surface area contributed by atoms with Crippen LogP contribution in [0.2, 0.25) is 0 Å². The molecule has 2 N–H and O–H groups in total. The van der Waals surface area contributed by atoms with Gasteiger partial charge in [-0.25, -0.2) is 4.79 Å². The summed E-state index contributed by atoms with van der Waals surface area (Å²) in [4.78, 5) is 48.4. The number of nitrogens with one attached hydrogen (secondary N) is 2. The molecule has 9 heteroatoms. The van der Waals surface area contributed by atoms with Crippen molar-refractivity contribution in [1.29, 1.82) is 0 Å². The number of methoxy groups -OCH3 is 1. The third-order valence-corrected chi connectivity index (χ3v) is 4.20. The Kier molecular flexibility index (Phi) is 6.13. The van der Waals surface area contributed by atoms with E-state index in [0.717, 1.165) is 17.7 Å². The van der Waals surface area contributed by atoms with Gasteiger partial charge in [-0.3, -0.25) is 19.3 Å². The average molecular weight is 341 g/mol. The molecule has 1 heterocycles. The van der Waals surface area contributed by atoms with Gasteiger partial charge in [-0.15, -0.1) is 0 Å². The zero-order valence-corrected chi connectivity index (χ0v) is 13.8. The minimum absolute atomic E-state index is 0.383. The van der Waals surface area contributed by atoms with Crippen LogP contribution in [0.4, 0.5) is 4.79 Å². The highest BCUT2D eigenvalue weighted by Crippen LogP contribution is 2.34. The summed E-state index contributed by atoms with van der Waals surface area (Å²) in [6.07, 6.45) is 3.57. The maximum atomic E-state index is 12.4. The first kappa shape index (κ1) is 18.2. The van der Waals surface area contributed by atoms with Gasteiger partial charge in [0.05, 0.1) is 0 Å². The van der Waals surface area contributed by atoms with E-state index in [2.05, 4.69) is 10.6 Å². The molecule has 134 valence electrons. The second-order valence-electron chi connectivity index (χ2n) is 5.97. The molecule has 0 bridgehead atoms. The molecule has 0 unspecified atom stereocenters. The molecule has 0 radical (unpaired) electrons. The smallest absolute Gasteiger partial charge is 0.326 e. The molecule has 2 fully saturated rings. The first-order valence-electron chi connectivity index (χ1n) is 8.04. The van der Waals surface area contributed by atoms with Crippen LogP contribution in [0.5, 0.6) is 0 Å². The molecule has 0 aromatic heterocycles. The first-order valence-corrected chi connectivity index (χ1v) is 8.04. The number of rotatable bonds is 8. The van der Waals surface area contributed by atoms with Gasteiger partial charge < -0.3 is 20.1 Å². The summed E-state index contributed by atoms with van der Waals surface area (Å²) >= 11 is 0. The zero-order chi connectivity index (χ0) is 17.6. The highest BCUT2D eigenvalue weighted by atomic mass is 16.5. The van der Waals surface area contributed by atoms with Crippen LogP contribution >= 0.6 is 0 Å². The van der Waals surface area contributed by atoms with Gasteiger partial charge in [0.1, 0.15) is 12.1 Å². The molecule has 1 aliphatic carbocycles. The minimum atomic E-state index is -0.851. The molecule has 0 aromatic rings. The number of nitrogens with zero attached hydrogens (tertiary/aromatic N) is 1. The van der Waals surface area contributed by atoms with E-state index in [1.807, 2.05) is 0 Å². The molecule has 24 heavy (non-hydrogen) atoms. The number of hydrogen-bond acceptors (Lipinski definition) is 6. The van der Waals surface area contributed by atoms with Crippen molar-refractivity contribution in [3.63, 3.8) is 0 Å². The van der Waals surface area contributed by atoms with Crippen LogP contribution in [0.25, 0.3) is 0 Å². The van der Waals surface area contributed by atoms with E-state index >= 15 is 0 Å². The Morgan fingerprint density at radius 1 is 1.29 bits per heavy atom. The van der Waals surface area contributed by atoms with E-state index in [4.69, 9.17) is 9.47 Å². The molecule has 1 saturated heterocycles. The minimum Gasteiger partial charge on any atom is -0.454 e. The fraction of sp³-hybridized carbons (Fsp3) is 0.733. The number of hydrogen-bond donors (Lipinski definition) is 2. The van der Waals surface area contributed by atoms with Crippen molar-refractivity contribution in [3.8, 4) is 0 Å². The SMILES string of the molecule is COCCCNC(=O)COC(=O)CN1C(=O)NC2(CCCC2)C1=O. The molecule has 0 aromatic carbocycles. The van der Waals surface area contributed by atoms with Crippen molar-refractivity contribution in [2.24, 2.45) is 0 Å². The highest BCUT2D eigenvalue weighted by Gasteiger charge is 2.52. The van der Waals surface area contributed by atoms with Gasteiger partial charge in [-0.2, -0.15) is 0 Å². The van der Waals surface area contributed by atoms with Crippen molar-refractivity contribution in [1.82, 2.24) is 15.5 Å². The van der Waals surface area contributed by atoms with Crippen molar-refractivity contribution >= 4 is 23.8 Å². The van der Waals surface area contributed by atoms with Gasteiger partial charge in [0.25, 0.3) is 11.8 Å². The van der Waals surface area contributed by atoms with Gasteiger partial charge in [0.15, 0.2) is 6.61 Å². The Morgan fingerprint density at radius 3 is 2.67 bits per heavy atom. The quantitative estimate of drug-likeness (QED) is 0.351. The van der Waals surface area contributed by atoms with Gasteiger partial charge >= 0.3 is 12.0 Å². The maximum absolute atomic E-state index is 12.4. The molecule has 4 amide bonds. The van der Waals surface area contributed by atoms with Gasteiger partial charge in [0, 0.05) is 20.3 Å². The summed E-state index contributed by atoms with van der Waals surface area (Å²) in [7, 11) is 1.56. The van der Waals surface area contributed by atoms with Crippen LogP contribution in [0.1, 0.15) is 32.1 Å². The molecule has 1 aliphatic heterocycles. The van der Waals surface area contributed by atoms with E-state index < -0.39 is 36.6 Å². The summed E-state index contributed by atoms with van der Waals surface area (Å²) in [5.74, 6) is -1.62. The van der Waals surface area contributed by atoms with Crippen molar-refractivity contribution in [2.45, 2.75) is 37.6 Å². The summed E-state index contributed by atoms with van der Waals surface area (Å²) in [5.41, 5.74) is -0.851. The molecule has 2 aliphatic rings. The highest BCUT2D eigenvalue weighted by molar-refractivity contribution is 6.08. The molecular formula is C15H23N3O6. The molecule has 1 saturated carbocycles. The lowest BCUT2D eigenvalue weighted by atomic mass is 9.98. The first-order chi connectivity index (χ1) is 11.5. The molecule has 0 atom stereocenters. The fourth-order valence-electron chi connectivity index (χ4n) is 2.95. The maximum Gasteiger partial charge on any atom is 0.326 e. The number of amides is 4. The predicted molar refractivity (Wildman–Crippen MR) is 81.9 cm³/mol. The third kappa shape index (κ3) is 4.22. The Morgan fingerprint density at radius 2 is 2.00 bits per heavy atom. The van der Waals surface area contributed by atoms with Crippen molar-refractivity contribution in [2.75, 3.05) is 33.4 Å². The van der Waals surface area contributed by atoms with E-state index in [0.29, 0.717) is 32.4 Å². The number of ether oxygens (including phenoxy) is 2. The molecule has 9 nitrogen and oxygen atoms in total. The Hall–Kier alpha value is -2.16. The van der Waals surface area contributed by atoms with Gasteiger partial charge in [-0.1, -0.05) is 12.8 Å². The Balaban J connectivity index is 1.73. The Labute approximate surface area is 140 Å². The van der Waals surface area contributed by atoms with E-state index in [-0.39, 0.29) is 5.91 Å².